The number of hydrogen-bond donors (Lipinski definition) is 0. The molecule has 0 spiro atoms. The number of rotatable bonds is 5. The van der Waals surface area contributed by atoms with Crippen LogP contribution in [-0.2, 0) is 0 Å². The van der Waals surface area contributed by atoms with Gasteiger partial charge in [-0.15, -0.1) is 0 Å². The molecule has 66 heavy (non-hydrogen) atoms. The molecule has 0 bridgehead atoms. The zero-order chi connectivity index (χ0) is 43.3. The van der Waals surface area contributed by atoms with Crippen LogP contribution in [0.4, 0.5) is 0 Å². The summed E-state index contributed by atoms with van der Waals surface area (Å²) < 4.78 is 0. The molecule has 2 heterocycles. The highest BCUT2D eigenvalue weighted by atomic mass is 31.1. The van der Waals surface area contributed by atoms with Gasteiger partial charge in [0.25, 0.3) is 0 Å². The van der Waals surface area contributed by atoms with Crippen LogP contribution in [0.5, 0.6) is 0 Å². The van der Waals surface area contributed by atoms with Crippen molar-refractivity contribution in [2.24, 2.45) is 0 Å². The second-order valence-corrected chi connectivity index (χ2v) is 21.8. The molecule has 2 aromatic heterocycles. The maximum atomic E-state index is 2.55. The third-order valence-electron chi connectivity index (χ3n) is 14.0. The van der Waals surface area contributed by atoms with E-state index in [1.54, 1.807) is 0 Å². The Balaban J connectivity index is 1.13. The van der Waals surface area contributed by atoms with Crippen molar-refractivity contribution in [3.63, 3.8) is 0 Å². The molecule has 2 heteroatoms. The van der Waals surface area contributed by atoms with Crippen LogP contribution in [0.25, 0.3) is 129 Å². The largest absolute Gasteiger partial charge is 0.0766 e. The summed E-state index contributed by atoms with van der Waals surface area (Å²) >= 11 is 0. The molecule has 0 nitrogen and oxygen atoms in total. The second kappa shape index (κ2) is 14.9. The normalized spacial score (nSPS) is 12.5. The molecular weight excluding hydrogens is 831 g/mol. The predicted molar refractivity (Wildman–Crippen MR) is 291 cm³/mol. The van der Waals surface area contributed by atoms with Crippen molar-refractivity contribution in [3.8, 4) is 44.0 Å². The first-order chi connectivity index (χ1) is 32.8. The number of hydrogen-bond acceptors (Lipinski definition) is 0. The highest BCUT2D eigenvalue weighted by molar-refractivity contribution is 7.68. The molecule has 14 rings (SSSR count). The van der Waals surface area contributed by atoms with Gasteiger partial charge < -0.3 is 0 Å². The Morgan fingerprint density at radius 3 is 1.17 bits per heavy atom. The standard InChI is InChI=1S/C64H40P2/c1-3-19-46(20-4-1)65-60-33-11-9-23-50(60)56-31-15-29-54(63(56)65)48-25-13-27-52-58(48)40-59-49(55-30-16-32-57-51-24-10-12-34-61(51)66(64(55)57)47-21-5-2-6-22-47)26-14-28-53(59)62(52)44-36-35-43-37-41-17-7-8-18-42(41)38-45(43)39-44/h1-40H. The maximum Gasteiger partial charge on any atom is 0.0147 e. The fourth-order valence-corrected chi connectivity index (χ4v) is 16.8. The van der Waals surface area contributed by atoms with Gasteiger partial charge in [-0.3, -0.25) is 0 Å². The summed E-state index contributed by atoms with van der Waals surface area (Å²) in [5.74, 6) is 0. The van der Waals surface area contributed by atoms with E-state index in [9.17, 15) is 0 Å². The van der Waals surface area contributed by atoms with Crippen molar-refractivity contribution in [3.05, 3.63) is 243 Å². The van der Waals surface area contributed by atoms with E-state index in [4.69, 9.17) is 0 Å². The lowest BCUT2D eigenvalue weighted by Gasteiger charge is -2.19. The van der Waals surface area contributed by atoms with E-state index in [-0.39, 0.29) is 0 Å². The van der Waals surface area contributed by atoms with Crippen molar-refractivity contribution >= 4 is 100 Å². The first-order valence-corrected chi connectivity index (χ1v) is 25.5. The lowest BCUT2D eigenvalue weighted by molar-refractivity contribution is 1.68. The molecular formula is C64H40P2. The van der Waals surface area contributed by atoms with Gasteiger partial charge in [-0.1, -0.05) is 233 Å². The molecule has 0 aliphatic rings. The van der Waals surface area contributed by atoms with E-state index >= 15 is 0 Å². The fourth-order valence-electron chi connectivity index (χ4n) is 11.2. The van der Waals surface area contributed by atoms with E-state index < -0.39 is 15.1 Å². The first-order valence-electron chi connectivity index (χ1n) is 22.8. The molecule has 2 atom stereocenters. The van der Waals surface area contributed by atoms with Crippen molar-refractivity contribution in [2.45, 2.75) is 0 Å². The monoisotopic (exact) mass is 870 g/mol. The Morgan fingerprint density at radius 2 is 0.636 bits per heavy atom. The predicted octanol–water partition coefficient (Wildman–Crippen LogP) is 19.9. The molecule has 0 N–H and O–H groups in total. The van der Waals surface area contributed by atoms with Crippen LogP contribution >= 0.6 is 15.1 Å². The zero-order valence-electron chi connectivity index (χ0n) is 36.0. The van der Waals surface area contributed by atoms with Gasteiger partial charge in [-0.25, -0.2) is 0 Å². The summed E-state index contributed by atoms with van der Waals surface area (Å²) in [7, 11) is -1.57. The summed E-state index contributed by atoms with van der Waals surface area (Å²) in [6.45, 7) is 0. The van der Waals surface area contributed by atoms with Gasteiger partial charge in [0.15, 0.2) is 0 Å². The Bertz CT molecular complexity index is 4050. The zero-order valence-corrected chi connectivity index (χ0v) is 37.8. The van der Waals surface area contributed by atoms with E-state index in [1.807, 2.05) is 0 Å². The summed E-state index contributed by atoms with van der Waals surface area (Å²) in [5, 5.41) is 24.1. The minimum absolute atomic E-state index is 0.786. The molecule has 0 amide bonds. The molecule has 0 aliphatic carbocycles. The molecule has 0 radical (unpaired) electrons. The number of fused-ring (bicyclic) bond motifs is 10. The van der Waals surface area contributed by atoms with Gasteiger partial charge in [0.1, 0.15) is 0 Å². The minimum atomic E-state index is -0.786. The molecule has 12 aromatic carbocycles. The molecule has 0 fully saturated rings. The third kappa shape index (κ3) is 5.66. The molecule has 2 unspecified atom stereocenters. The van der Waals surface area contributed by atoms with Gasteiger partial charge in [0.2, 0.25) is 0 Å². The highest BCUT2D eigenvalue weighted by Gasteiger charge is 2.23. The van der Waals surface area contributed by atoms with Gasteiger partial charge >= 0.3 is 0 Å². The van der Waals surface area contributed by atoms with Crippen LogP contribution in [-0.4, -0.2) is 0 Å². The highest BCUT2D eigenvalue weighted by Crippen LogP contribution is 2.60. The van der Waals surface area contributed by atoms with Gasteiger partial charge in [-0.2, -0.15) is 0 Å². The summed E-state index contributed by atoms with van der Waals surface area (Å²) in [6.07, 6.45) is 0. The lowest BCUT2D eigenvalue weighted by atomic mass is 9.85. The van der Waals surface area contributed by atoms with Crippen LogP contribution in [0.15, 0.2) is 243 Å². The molecule has 0 saturated carbocycles. The minimum Gasteiger partial charge on any atom is -0.0766 e. The SMILES string of the molecule is c1ccc(-p2c3ccccc3c3cccc(-c4cccc5c(-c6ccc7cc8ccccc8cc7c6)c6cccc(-c7cccc8c9ccccc9p(-c9ccccc9)c78)c6cc45)c32)cc1. The Morgan fingerprint density at radius 1 is 0.227 bits per heavy atom. The van der Waals surface area contributed by atoms with Crippen LogP contribution in [0.1, 0.15) is 0 Å². The smallest absolute Gasteiger partial charge is 0.0147 e. The van der Waals surface area contributed by atoms with Crippen molar-refractivity contribution < 1.29 is 0 Å². The van der Waals surface area contributed by atoms with E-state index in [0.717, 1.165) is 0 Å². The lowest BCUT2D eigenvalue weighted by Crippen LogP contribution is -1.91. The Kier molecular flexibility index (Phi) is 8.51. The summed E-state index contributed by atoms with van der Waals surface area (Å²) in [5.41, 5.74) is 7.72. The number of benzene rings is 12. The molecule has 306 valence electrons. The van der Waals surface area contributed by atoms with E-state index in [2.05, 4.69) is 243 Å². The van der Waals surface area contributed by atoms with E-state index in [0.29, 0.717) is 0 Å². The van der Waals surface area contributed by atoms with Crippen molar-refractivity contribution in [2.75, 3.05) is 0 Å². The maximum absolute atomic E-state index is 2.55. The molecule has 0 saturated heterocycles. The Hall–Kier alpha value is -7.72. The first kappa shape index (κ1) is 37.6. The summed E-state index contributed by atoms with van der Waals surface area (Å²) in [6, 6.07) is 91.9. The topological polar surface area (TPSA) is 0 Å². The van der Waals surface area contributed by atoms with Crippen LogP contribution < -0.4 is 0 Å². The van der Waals surface area contributed by atoms with Crippen molar-refractivity contribution in [1.82, 2.24) is 0 Å². The van der Waals surface area contributed by atoms with Gasteiger partial charge in [0.05, 0.1) is 0 Å². The Labute approximate surface area is 384 Å². The molecule has 0 aliphatic heterocycles. The molecule has 14 aromatic rings. The van der Waals surface area contributed by atoms with Gasteiger partial charge in [0, 0.05) is 20.5 Å². The third-order valence-corrected chi connectivity index (χ3v) is 19.3. The fraction of sp³-hybridized carbons (Fsp3) is 0. The van der Waals surface area contributed by atoms with Gasteiger partial charge in [-0.05, 0) is 133 Å². The quantitative estimate of drug-likeness (QED) is 0.151. The summed E-state index contributed by atoms with van der Waals surface area (Å²) in [4.78, 5) is 0. The van der Waals surface area contributed by atoms with Crippen LogP contribution in [0.2, 0.25) is 0 Å². The van der Waals surface area contributed by atoms with Crippen LogP contribution in [0, 0.1) is 0 Å². The average molecular weight is 871 g/mol. The average Bonchev–Trinajstić information content (AvgIpc) is 3.91. The second-order valence-electron chi connectivity index (χ2n) is 17.6. The van der Waals surface area contributed by atoms with E-state index in [1.165, 1.54) is 129 Å². The van der Waals surface area contributed by atoms with Crippen LogP contribution in [0.3, 0.4) is 0 Å². The van der Waals surface area contributed by atoms with Crippen molar-refractivity contribution in [1.29, 1.82) is 0 Å².